The van der Waals surface area contributed by atoms with Crippen molar-refractivity contribution in [3.8, 4) is 16.9 Å². The van der Waals surface area contributed by atoms with E-state index in [-0.39, 0.29) is 43.0 Å². The van der Waals surface area contributed by atoms with E-state index in [2.05, 4.69) is 36.4 Å². The van der Waals surface area contributed by atoms with Gasteiger partial charge in [0.1, 0.15) is 24.5 Å². The largest absolute Gasteiger partial charge is 0.486 e. The summed E-state index contributed by atoms with van der Waals surface area (Å²) in [7, 11) is 5.45. The number of hydroxylamine groups is 2. The van der Waals surface area contributed by atoms with E-state index in [0.29, 0.717) is 29.1 Å². The molecular formula is C40H53N5O6. The molecule has 3 saturated carbocycles. The zero-order valence-electron chi connectivity index (χ0n) is 30.8. The summed E-state index contributed by atoms with van der Waals surface area (Å²) in [5.41, 5.74) is 4.61. The molecule has 3 aromatic rings. The van der Waals surface area contributed by atoms with Gasteiger partial charge < -0.3 is 30.5 Å². The number of rotatable bonds is 12. The van der Waals surface area contributed by atoms with Crippen molar-refractivity contribution >= 4 is 17.5 Å². The fourth-order valence-electron chi connectivity index (χ4n) is 8.69. The van der Waals surface area contributed by atoms with Gasteiger partial charge in [0.15, 0.2) is 0 Å². The number of ether oxygens (including phenoxy) is 1. The van der Waals surface area contributed by atoms with Crippen molar-refractivity contribution in [3.05, 3.63) is 77.6 Å². The molecule has 4 N–H and O–H groups in total. The van der Waals surface area contributed by atoms with Crippen LogP contribution in [0.1, 0.15) is 62.2 Å². The third-order valence-corrected chi connectivity index (χ3v) is 11.8. The molecule has 4 aliphatic rings. The van der Waals surface area contributed by atoms with Crippen molar-refractivity contribution in [1.82, 2.24) is 20.7 Å². The second-order valence-corrected chi connectivity index (χ2v) is 15.4. The Morgan fingerprint density at radius 1 is 1.14 bits per heavy atom. The number of anilines is 1. The zero-order valence-corrected chi connectivity index (χ0v) is 30.8. The first kappa shape index (κ1) is 36.8. The molecule has 2 aromatic carbocycles. The van der Waals surface area contributed by atoms with Crippen LogP contribution in [0, 0.1) is 29.1 Å². The summed E-state index contributed by atoms with van der Waals surface area (Å²) >= 11 is 0. The normalized spacial score (nSPS) is 27.3. The van der Waals surface area contributed by atoms with Crippen LogP contribution in [0.2, 0.25) is 0 Å². The maximum Gasteiger partial charge on any atom is 0.251 e. The fourth-order valence-corrected chi connectivity index (χ4v) is 8.69. The van der Waals surface area contributed by atoms with E-state index in [0.717, 1.165) is 34.5 Å². The number of nitrogens with one attached hydrogen (secondary N) is 2. The van der Waals surface area contributed by atoms with Crippen LogP contribution in [-0.4, -0.2) is 84.1 Å². The summed E-state index contributed by atoms with van der Waals surface area (Å²) in [5.74, 6) is 0.902. The fraction of sp³-hybridized carbons (Fsp3) is 0.525. The summed E-state index contributed by atoms with van der Waals surface area (Å²) < 4.78 is 6.58. The lowest BCUT2D eigenvalue weighted by molar-refractivity contribution is -0.183. The number of amides is 2. The Kier molecular flexibility index (Phi) is 10.7. The third-order valence-electron chi connectivity index (χ3n) is 11.8. The van der Waals surface area contributed by atoms with E-state index < -0.39 is 24.2 Å². The minimum absolute atomic E-state index is 0.0260. The van der Waals surface area contributed by atoms with E-state index in [1.807, 2.05) is 73.6 Å². The molecule has 51 heavy (non-hydrogen) atoms. The Morgan fingerprint density at radius 3 is 2.55 bits per heavy atom. The van der Waals surface area contributed by atoms with E-state index in [1.54, 1.807) is 25.2 Å². The van der Waals surface area contributed by atoms with Crippen molar-refractivity contribution in [1.29, 1.82) is 0 Å². The van der Waals surface area contributed by atoms with Crippen LogP contribution in [0.15, 0.2) is 60.8 Å². The number of aromatic nitrogens is 1. The van der Waals surface area contributed by atoms with Crippen LogP contribution in [0.25, 0.3) is 11.1 Å². The average Bonchev–Trinajstić information content (AvgIpc) is 3.50. The number of nitrogens with zero attached hydrogens (tertiary/aromatic N) is 3. The zero-order chi connectivity index (χ0) is 36.6. The lowest BCUT2D eigenvalue weighted by Crippen LogP contribution is -2.62. The smallest absolute Gasteiger partial charge is 0.251 e. The molecule has 2 heterocycles. The van der Waals surface area contributed by atoms with Gasteiger partial charge in [0.25, 0.3) is 5.91 Å². The molecule has 4 fully saturated rings. The van der Waals surface area contributed by atoms with E-state index in [1.165, 1.54) is 6.42 Å². The van der Waals surface area contributed by atoms with E-state index in [4.69, 9.17) is 9.57 Å². The van der Waals surface area contributed by atoms with Gasteiger partial charge in [-0.05, 0) is 78.8 Å². The SMILES string of the molecule is CNC(=O)c1cc(-c2cccc(CN3O[C@@H](CO)[C@@H]([C@H](C)O)[C@H]3C(=O)NC3C[C@H]4C[C@@H]([C@@H]3C)C4(C)C)c2OCc2ccccn2)cc(N(C)C)c1. The Bertz CT molecular complexity index is 1710. The topological polar surface area (TPSA) is 136 Å². The predicted molar refractivity (Wildman–Crippen MR) is 196 cm³/mol. The number of carbonyl (C=O) groups is 2. The van der Waals surface area contributed by atoms with Crippen molar-refractivity contribution in [2.24, 2.45) is 29.1 Å². The highest BCUT2D eigenvalue weighted by molar-refractivity contribution is 5.97. The summed E-state index contributed by atoms with van der Waals surface area (Å²) in [5, 5.41) is 29.1. The predicted octanol–water partition coefficient (Wildman–Crippen LogP) is 4.41. The van der Waals surface area contributed by atoms with Gasteiger partial charge in [-0.1, -0.05) is 45.0 Å². The Hall–Kier alpha value is -4.03. The quantitative estimate of drug-likeness (QED) is 0.217. The van der Waals surface area contributed by atoms with Crippen LogP contribution in [-0.2, 0) is 22.8 Å². The molecule has 7 rings (SSSR count). The molecule has 2 bridgehead atoms. The Labute approximate surface area is 301 Å². The minimum atomic E-state index is -0.915. The van der Waals surface area contributed by atoms with E-state index >= 15 is 0 Å². The van der Waals surface area contributed by atoms with E-state index in [9.17, 15) is 19.8 Å². The van der Waals surface area contributed by atoms with Crippen molar-refractivity contribution < 1.29 is 29.4 Å². The molecule has 1 unspecified atom stereocenters. The number of para-hydroxylation sites is 1. The van der Waals surface area contributed by atoms with Gasteiger partial charge >= 0.3 is 0 Å². The first-order valence-electron chi connectivity index (χ1n) is 18.1. The Balaban J connectivity index is 1.37. The number of hydrogen-bond acceptors (Lipinski definition) is 9. The van der Waals surface area contributed by atoms with Gasteiger partial charge in [-0.25, -0.2) is 0 Å². The van der Waals surface area contributed by atoms with Crippen LogP contribution in [0.5, 0.6) is 5.75 Å². The molecule has 1 aliphatic heterocycles. The summed E-state index contributed by atoms with van der Waals surface area (Å²) in [6.07, 6.45) is 2.14. The minimum Gasteiger partial charge on any atom is -0.486 e. The maximum atomic E-state index is 14.3. The molecule has 8 atom stereocenters. The molecule has 0 radical (unpaired) electrons. The number of aliphatic hydroxyl groups is 2. The molecule has 11 heteroatoms. The molecule has 274 valence electrons. The van der Waals surface area contributed by atoms with Crippen molar-refractivity contribution in [2.75, 3.05) is 32.6 Å². The van der Waals surface area contributed by atoms with Gasteiger partial charge in [-0.15, -0.1) is 0 Å². The highest BCUT2D eigenvalue weighted by atomic mass is 16.7. The highest BCUT2D eigenvalue weighted by Crippen LogP contribution is 2.61. The van der Waals surface area contributed by atoms with Gasteiger partial charge in [-0.2, -0.15) is 5.06 Å². The molecule has 2 amide bonds. The monoisotopic (exact) mass is 699 g/mol. The molecular weight excluding hydrogens is 646 g/mol. The first-order valence-corrected chi connectivity index (χ1v) is 18.1. The number of carbonyl (C=O) groups excluding carboxylic acids is 2. The highest BCUT2D eigenvalue weighted by Gasteiger charge is 2.57. The maximum absolute atomic E-state index is 14.3. The molecule has 11 nitrogen and oxygen atoms in total. The van der Waals surface area contributed by atoms with Crippen LogP contribution in [0.4, 0.5) is 5.69 Å². The number of pyridine rings is 1. The average molecular weight is 700 g/mol. The van der Waals surface area contributed by atoms with Gasteiger partial charge in [-0.3, -0.25) is 19.4 Å². The number of benzene rings is 2. The van der Waals surface area contributed by atoms with Crippen molar-refractivity contribution in [2.45, 2.75) is 78.0 Å². The number of aliphatic hydroxyl groups excluding tert-OH is 2. The summed E-state index contributed by atoms with van der Waals surface area (Å²) in [4.78, 5) is 39.9. The molecule has 1 aromatic heterocycles. The van der Waals surface area contributed by atoms with Crippen LogP contribution < -0.4 is 20.3 Å². The number of hydrogen-bond donors (Lipinski definition) is 4. The van der Waals surface area contributed by atoms with Gasteiger partial charge in [0.2, 0.25) is 5.91 Å². The third kappa shape index (κ3) is 7.22. The lowest BCUT2D eigenvalue weighted by atomic mass is 9.45. The summed E-state index contributed by atoms with van der Waals surface area (Å²) in [6, 6.07) is 16.3. The number of fused-ring (bicyclic) bond motifs is 2. The standard InChI is InChI=1S/C40H53N5O6/c1-23-32-18-28(40(32,3)4)19-33(23)43-39(49)36-35(24(2)47)34(21-46)51-45(36)20-25-11-10-13-31(37(25)50-22-29-12-8-9-14-42-29)26-15-27(38(48)41-5)17-30(16-26)44(6)7/h8-17,23-24,28,32-36,46-47H,18-22H2,1-7H3,(H,41,48)(H,43,49)/t23-,24-,28+,32-,33?,34-,35+,36-/m0/s1. The second-order valence-electron chi connectivity index (χ2n) is 15.4. The molecule has 1 saturated heterocycles. The second kappa shape index (κ2) is 14.9. The molecule has 0 spiro atoms. The van der Waals surface area contributed by atoms with Gasteiger partial charge in [0, 0.05) is 61.7 Å². The van der Waals surface area contributed by atoms with Gasteiger partial charge in [0.05, 0.1) is 24.9 Å². The van der Waals surface area contributed by atoms with Crippen molar-refractivity contribution in [3.63, 3.8) is 0 Å². The molecule has 3 aliphatic carbocycles. The lowest BCUT2D eigenvalue weighted by Gasteiger charge is -2.62. The van der Waals surface area contributed by atoms with Crippen LogP contribution in [0.3, 0.4) is 0 Å². The summed E-state index contributed by atoms with van der Waals surface area (Å²) in [6.45, 7) is 8.51. The van der Waals surface area contributed by atoms with Crippen LogP contribution >= 0.6 is 0 Å². The first-order chi connectivity index (χ1) is 24.3. The Morgan fingerprint density at radius 2 is 1.92 bits per heavy atom.